The Kier molecular flexibility index (Phi) is 3.87. The van der Waals surface area contributed by atoms with E-state index in [9.17, 15) is 22.8 Å². The third kappa shape index (κ3) is 3.01. The highest BCUT2D eigenvalue weighted by Crippen LogP contribution is 2.43. The molecule has 2 aromatic carbocycles. The van der Waals surface area contributed by atoms with Crippen LogP contribution in [0.25, 0.3) is 11.1 Å². The molecule has 0 saturated heterocycles. The Bertz CT molecular complexity index is 1080. The lowest BCUT2D eigenvalue weighted by Gasteiger charge is -2.43. The van der Waals surface area contributed by atoms with E-state index < -0.39 is 28.9 Å². The van der Waals surface area contributed by atoms with Gasteiger partial charge in [-0.25, -0.2) is 4.79 Å². The number of nitrogens with one attached hydrogen (secondary N) is 2. The van der Waals surface area contributed by atoms with E-state index in [0.29, 0.717) is 23.9 Å². The number of alkyl halides is 3. The molecule has 0 unspecified atom stereocenters. The van der Waals surface area contributed by atoms with Gasteiger partial charge in [-0.3, -0.25) is 9.78 Å². The zero-order valence-corrected chi connectivity index (χ0v) is 14.0. The summed E-state index contributed by atoms with van der Waals surface area (Å²) in [7, 11) is 0. The summed E-state index contributed by atoms with van der Waals surface area (Å²) < 4.78 is 44.2. The van der Waals surface area contributed by atoms with Crippen LogP contribution < -0.4 is 11.1 Å². The van der Waals surface area contributed by atoms with Gasteiger partial charge in [0.25, 0.3) is 5.91 Å². The lowest BCUT2D eigenvalue weighted by atomic mass is 9.71. The Labute approximate surface area is 151 Å². The van der Waals surface area contributed by atoms with Crippen molar-refractivity contribution in [1.29, 1.82) is 0 Å². The number of benzene rings is 2. The van der Waals surface area contributed by atoms with Crippen LogP contribution in [-0.4, -0.2) is 10.9 Å². The largest absolute Gasteiger partial charge is 0.417 e. The summed E-state index contributed by atoms with van der Waals surface area (Å²) >= 11 is 0. The molecule has 1 heterocycles. The second-order valence-electron chi connectivity index (χ2n) is 6.67. The highest BCUT2D eigenvalue weighted by Gasteiger charge is 2.42. The van der Waals surface area contributed by atoms with Crippen LogP contribution in [0.1, 0.15) is 40.7 Å². The Balaban J connectivity index is 1.69. The Hall–Kier alpha value is -3.03. The van der Waals surface area contributed by atoms with Crippen molar-refractivity contribution in [3.05, 3.63) is 69.7 Å². The van der Waals surface area contributed by atoms with Crippen molar-refractivity contribution >= 4 is 17.0 Å². The number of carbonyl (C=O) groups is 1. The van der Waals surface area contributed by atoms with Crippen LogP contribution in [-0.2, 0) is 11.7 Å². The van der Waals surface area contributed by atoms with Crippen molar-refractivity contribution in [3.63, 3.8) is 0 Å². The first-order valence-electron chi connectivity index (χ1n) is 8.41. The van der Waals surface area contributed by atoms with Crippen LogP contribution in [0, 0.1) is 0 Å². The van der Waals surface area contributed by atoms with E-state index in [2.05, 4.69) is 10.3 Å². The van der Waals surface area contributed by atoms with Crippen molar-refractivity contribution in [2.75, 3.05) is 0 Å². The normalized spacial score (nSPS) is 16.1. The van der Waals surface area contributed by atoms with Crippen LogP contribution in [0.5, 0.6) is 0 Å². The maximum absolute atomic E-state index is 13.0. The van der Waals surface area contributed by atoms with Crippen molar-refractivity contribution in [2.45, 2.75) is 31.0 Å². The predicted octanol–water partition coefficient (Wildman–Crippen LogP) is 3.95. The molecular formula is C19H15F3N2O3. The van der Waals surface area contributed by atoms with Gasteiger partial charge < -0.3 is 9.73 Å². The molecule has 1 aliphatic carbocycles. The smallest absolute Gasteiger partial charge is 0.407 e. The topological polar surface area (TPSA) is 75.1 Å². The van der Waals surface area contributed by atoms with Crippen LogP contribution in [0.3, 0.4) is 0 Å². The molecule has 27 heavy (non-hydrogen) atoms. The highest BCUT2D eigenvalue weighted by molar-refractivity contribution is 6.04. The maximum atomic E-state index is 13.0. The zero-order chi connectivity index (χ0) is 19.2. The number of oxazole rings is 1. The van der Waals surface area contributed by atoms with Gasteiger partial charge in [0.05, 0.1) is 22.2 Å². The lowest BCUT2D eigenvalue weighted by Crippen LogP contribution is -2.50. The quantitative estimate of drug-likeness (QED) is 0.727. The third-order valence-corrected chi connectivity index (χ3v) is 4.99. The third-order valence-electron chi connectivity index (χ3n) is 4.99. The highest BCUT2D eigenvalue weighted by atomic mass is 19.4. The van der Waals surface area contributed by atoms with E-state index in [-0.39, 0.29) is 11.1 Å². The van der Waals surface area contributed by atoms with Gasteiger partial charge in [0, 0.05) is 0 Å². The lowest BCUT2D eigenvalue weighted by molar-refractivity contribution is -0.137. The number of aromatic nitrogens is 1. The molecule has 1 amide bonds. The molecule has 8 heteroatoms. The first-order chi connectivity index (χ1) is 12.8. The van der Waals surface area contributed by atoms with Gasteiger partial charge in [0.15, 0.2) is 5.58 Å². The second kappa shape index (κ2) is 6.00. The minimum Gasteiger partial charge on any atom is -0.407 e. The van der Waals surface area contributed by atoms with Gasteiger partial charge in [-0.05, 0) is 49.1 Å². The molecule has 1 aromatic heterocycles. The molecule has 0 aliphatic heterocycles. The molecule has 4 rings (SSSR count). The van der Waals surface area contributed by atoms with Gasteiger partial charge in [0.1, 0.15) is 0 Å². The predicted molar refractivity (Wildman–Crippen MR) is 91.3 cm³/mol. The maximum Gasteiger partial charge on any atom is 0.417 e. The number of aromatic amines is 1. The van der Waals surface area contributed by atoms with Gasteiger partial charge in [-0.2, -0.15) is 13.2 Å². The molecule has 2 N–H and O–H groups in total. The molecule has 1 saturated carbocycles. The van der Waals surface area contributed by atoms with Crippen LogP contribution >= 0.6 is 0 Å². The van der Waals surface area contributed by atoms with Gasteiger partial charge in [-0.15, -0.1) is 0 Å². The average Bonchev–Trinajstić information content (AvgIpc) is 2.97. The fraction of sp³-hybridized carbons (Fsp3) is 0.263. The number of carbonyl (C=O) groups excluding carboxylic acids is 1. The van der Waals surface area contributed by atoms with E-state index in [1.165, 1.54) is 12.1 Å². The molecule has 1 fully saturated rings. The van der Waals surface area contributed by atoms with Crippen molar-refractivity contribution in [1.82, 2.24) is 10.3 Å². The molecule has 3 aromatic rings. The van der Waals surface area contributed by atoms with Crippen LogP contribution in [0.2, 0.25) is 0 Å². The van der Waals surface area contributed by atoms with Crippen molar-refractivity contribution in [2.24, 2.45) is 0 Å². The average molecular weight is 376 g/mol. The molecule has 5 nitrogen and oxygen atoms in total. The Morgan fingerprint density at radius 3 is 2.56 bits per heavy atom. The second-order valence-corrected chi connectivity index (χ2v) is 6.67. The number of H-pyrrole nitrogens is 1. The monoisotopic (exact) mass is 376 g/mol. The fourth-order valence-corrected chi connectivity index (χ4v) is 3.45. The fourth-order valence-electron chi connectivity index (χ4n) is 3.45. The number of fused-ring (bicyclic) bond motifs is 1. The number of hydrogen-bond donors (Lipinski definition) is 2. The van der Waals surface area contributed by atoms with Gasteiger partial charge >= 0.3 is 11.9 Å². The Morgan fingerprint density at radius 2 is 1.89 bits per heavy atom. The molecule has 0 radical (unpaired) electrons. The van der Waals surface area contributed by atoms with Crippen molar-refractivity contribution in [3.8, 4) is 0 Å². The number of hydrogen-bond acceptors (Lipinski definition) is 3. The number of amides is 1. The van der Waals surface area contributed by atoms with E-state index in [1.54, 1.807) is 18.2 Å². The SMILES string of the molecule is O=C(NC1(c2cccc(C(F)(F)F)c2)CCC1)c1cccc2[nH]c(=O)oc12. The standard InChI is InChI=1S/C19H15F3N2O3/c20-19(21,22)12-5-1-4-11(10-12)18(8-3-9-18)24-16(25)13-6-2-7-14-15(13)27-17(26)23-14/h1-2,4-7,10H,3,8-9H2,(H,23,26)(H,24,25). The molecule has 1 aliphatic rings. The first kappa shape index (κ1) is 17.4. The molecule has 0 bridgehead atoms. The van der Waals surface area contributed by atoms with Crippen LogP contribution in [0.15, 0.2) is 51.7 Å². The van der Waals surface area contributed by atoms with Gasteiger partial charge in [-0.1, -0.05) is 18.2 Å². The zero-order valence-electron chi connectivity index (χ0n) is 14.0. The first-order valence-corrected chi connectivity index (χ1v) is 8.41. The summed E-state index contributed by atoms with van der Waals surface area (Å²) in [6.07, 6.45) is -2.59. The molecule has 0 atom stereocenters. The summed E-state index contributed by atoms with van der Waals surface area (Å²) in [5, 5.41) is 2.86. The van der Waals surface area contributed by atoms with E-state index in [0.717, 1.165) is 18.6 Å². The van der Waals surface area contributed by atoms with E-state index in [4.69, 9.17) is 4.42 Å². The van der Waals surface area contributed by atoms with Crippen molar-refractivity contribution < 1.29 is 22.4 Å². The summed E-state index contributed by atoms with van der Waals surface area (Å²) in [4.78, 5) is 26.7. The van der Waals surface area contributed by atoms with E-state index >= 15 is 0 Å². The molecular weight excluding hydrogens is 361 g/mol. The summed E-state index contributed by atoms with van der Waals surface area (Å²) in [5.74, 6) is -1.18. The number of para-hydroxylation sites is 1. The summed E-state index contributed by atoms with van der Waals surface area (Å²) in [6, 6.07) is 9.72. The Morgan fingerprint density at radius 1 is 1.15 bits per heavy atom. The molecule has 0 spiro atoms. The summed E-state index contributed by atoms with van der Waals surface area (Å²) in [6.45, 7) is 0. The van der Waals surface area contributed by atoms with Gasteiger partial charge in [0.2, 0.25) is 0 Å². The van der Waals surface area contributed by atoms with E-state index in [1.807, 2.05) is 0 Å². The summed E-state index contributed by atoms with van der Waals surface area (Å²) in [5.41, 5.74) is -0.534. The number of halogens is 3. The number of rotatable bonds is 3. The van der Waals surface area contributed by atoms with Crippen LogP contribution in [0.4, 0.5) is 13.2 Å². The molecule has 140 valence electrons. The minimum atomic E-state index is -4.45. The minimum absolute atomic E-state index is 0.124.